The first-order valence-corrected chi connectivity index (χ1v) is 10.7. The molecule has 0 amide bonds. The minimum absolute atomic E-state index is 0.0191. The van der Waals surface area contributed by atoms with E-state index in [1.54, 1.807) is 12.1 Å². The van der Waals surface area contributed by atoms with Crippen LogP contribution in [-0.2, 0) is 21.2 Å². The Kier molecular flexibility index (Phi) is 5.00. The average Bonchev–Trinajstić information content (AvgIpc) is 2.55. The van der Waals surface area contributed by atoms with Crippen molar-refractivity contribution < 1.29 is 13.2 Å². The van der Waals surface area contributed by atoms with Crippen LogP contribution in [0.5, 0.6) is 0 Å². The first-order chi connectivity index (χ1) is 11.7. The quantitative estimate of drug-likeness (QED) is 0.732. The SMILES string of the molecule is CC1(C)[C@H]2CC(NS(=O)(=O)CCc3ccc(Cl)cc3)=C(CC=O)[C@@H]1C2. The molecule has 0 aromatic heterocycles. The van der Waals surface area contributed by atoms with Crippen LogP contribution in [-0.4, -0.2) is 20.5 Å². The van der Waals surface area contributed by atoms with Gasteiger partial charge in [0.05, 0.1) is 5.75 Å². The maximum Gasteiger partial charge on any atom is 0.232 e. The van der Waals surface area contributed by atoms with E-state index in [1.165, 1.54) is 0 Å². The third kappa shape index (κ3) is 3.77. The molecule has 2 atom stereocenters. The zero-order valence-electron chi connectivity index (χ0n) is 14.6. The minimum atomic E-state index is -3.44. The van der Waals surface area contributed by atoms with Crippen molar-refractivity contribution in [3.63, 3.8) is 0 Å². The van der Waals surface area contributed by atoms with Gasteiger partial charge in [-0.3, -0.25) is 4.72 Å². The van der Waals surface area contributed by atoms with E-state index in [9.17, 15) is 13.2 Å². The second-order valence-corrected chi connectivity index (χ2v) is 9.96. The molecular formula is C19H24ClNO3S. The largest absolute Gasteiger partial charge is 0.303 e. The summed E-state index contributed by atoms with van der Waals surface area (Å²) in [4.78, 5) is 11.1. The summed E-state index contributed by atoms with van der Waals surface area (Å²) in [6.45, 7) is 4.42. The molecule has 0 spiro atoms. The molecule has 3 aliphatic rings. The Balaban J connectivity index is 1.72. The first kappa shape index (κ1) is 18.5. The molecule has 1 aromatic rings. The number of rotatable bonds is 7. The number of aryl methyl sites for hydroxylation is 1. The van der Waals surface area contributed by atoms with Crippen molar-refractivity contribution in [3.8, 4) is 0 Å². The van der Waals surface area contributed by atoms with Crippen LogP contribution >= 0.6 is 11.6 Å². The Hall–Kier alpha value is -1.33. The van der Waals surface area contributed by atoms with E-state index in [0.29, 0.717) is 36.1 Å². The third-order valence-corrected chi connectivity index (χ3v) is 7.43. The smallest absolute Gasteiger partial charge is 0.232 e. The van der Waals surface area contributed by atoms with Crippen LogP contribution in [0.25, 0.3) is 0 Å². The maximum atomic E-state index is 12.5. The highest BCUT2D eigenvalue weighted by atomic mass is 35.5. The van der Waals surface area contributed by atoms with E-state index >= 15 is 0 Å². The van der Waals surface area contributed by atoms with Crippen LogP contribution in [0, 0.1) is 17.3 Å². The van der Waals surface area contributed by atoms with Crippen molar-refractivity contribution in [1.82, 2.24) is 4.72 Å². The van der Waals surface area contributed by atoms with Crippen molar-refractivity contribution in [2.75, 3.05) is 5.75 Å². The van der Waals surface area contributed by atoms with Crippen LogP contribution in [0.15, 0.2) is 35.5 Å². The number of halogens is 1. The van der Waals surface area contributed by atoms with Crippen LogP contribution in [0.2, 0.25) is 5.02 Å². The molecule has 0 saturated heterocycles. The summed E-state index contributed by atoms with van der Waals surface area (Å²) in [6, 6.07) is 7.21. The maximum absolute atomic E-state index is 12.5. The number of allylic oxidation sites excluding steroid dienone is 2. The minimum Gasteiger partial charge on any atom is -0.303 e. The molecular weight excluding hydrogens is 358 g/mol. The summed E-state index contributed by atoms with van der Waals surface area (Å²) in [5.74, 6) is 0.817. The lowest BCUT2D eigenvalue weighted by Crippen LogP contribution is -2.51. The number of benzene rings is 1. The second-order valence-electron chi connectivity index (χ2n) is 7.68. The molecule has 136 valence electrons. The molecule has 1 saturated carbocycles. The van der Waals surface area contributed by atoms with E-state index in [4.69, 9.17) is 11.6 Å². The Bertz CT molecular complexity index is 796. The van der Waals surface area contributed by atoms with Crippen molar-refractivity contribution in [3.05, 3.63) is 46.1 Å². The molecule has 0 aliphatic heterocycles. The van der Waals surface area contributed by atoms with Gasteiger partial charge in [0.2, 0.25) is 10.0 Å². The van der Waals surface area contributed by atoms with Crippen LogP contribution in [0.1, 0.15) is 38.7 Å². The van der Waals surface area contributed by atoms with Crippen LogP contribution < -0.4 is 4.72 Å². The van der Waals surface area contributed by atoms with Crippen molar-refractivity contribution in [1.29, 1.82) is 0 Å². The van der Waals surface area contributed by atoms with E-state index in [-0.39, 0.29) is 11.2 Å². The fourth-order valence-electron chi connectivity index (χ4n) is 4.15. The Labute approximate surface area is 154 Å². The predicted molar refractivity (Wildman–Crippen MR) is 99.8 cm³/mol. The number of sulfonamides is 1. The lowest BCUT2D eigenvalue weighted by atomic mass is 9.48. The molecule has 6 heteroatoms. The van der Waals surface area contributed by atoms with Gasteiger partial charge in [-0.1, -0.05) is 37.6 Å². The number of fused-ring (bicyclic) bond motifs is 1. The fourth-order valence-corrected chi connectivity index (χ4v) is 5.47. The standard InChI is InChI=1S/C19H24ClNO3S/c1-19(2)14-11-17(19)16(7-9-22)18(12-14)21-25(23,24)10-8-13-3-5-15(20)6-4-13/h3-6,9,14,17,21H,7-8,10-12H2,1-2H3/t14-,17+/m1/s1. The summed E-state index contributed by atoms with van der Waals surface area (Å²) in [5.41, 5.74) is 2.84. The highest BCUT2D eigenvalue weighted by Crippen LogP contribution is 2.61. The van der Waals surface area contributed by atoms with Gasteiger partial charge in [0.25, 0.3) is 0 Å². The van der Waals surface area contributed by atoms with Crippen molar-refractivity contribution >= 4 is 27.9 Å². The Morgan fingerprint density at radius 2 is 1.96 bits per heavy atom. The molecule has 25 heavy (non-hydrogen) atoms. The Morgan fingerprint density at radius 1 is 1.28 bits per heavy atom. The molecule has 4 nitrogen and oxygen atoms in total. The molecule has 1 N–H and O–H groups in total. The molecule has 1 aromatic carbocycles. The molecule has 1 fully saturated rings. The highest BCUT2D eigenvalue weighted by molar-refractivity contribution is 7.89. The van der Waals surface area contributed by atoms with Gasteiger partial charge in [-0.2, -0.15) is 0 Å². The molecule has 0 radical (unpaired) electrons. The topological polar surface area (TPSA) is 63.2 Å². The zero-order chi connectivity index (χ0) is 18.2. The molecule has 0 heterocycles. The lowest BCUT2D eigenvalue weighted by Gasteiger charge is -2.57. The molecule has 2 bridgehead atoms. The monoisotopic (exact) mass is 381 g/mol. The highest BCUT2D eigenvalue weighted by Gasteiger charge is 2.53. The molecule has 4 rings (SSSR count). The van der Waals surface area contributed by atoms with Gasteiger partial charge in [0.1, 0.15) is 6.29 Å². The summed E-state index contributed by atoms with van der Waals surface area (Å²) in [5, 5.41) is 0.637. The number of hydrogen-bond acceptors (Lipinski definition) is 3. The average molecular weight is 382 g/mol. The number of carbonyl (C=O) groups is 1. The number of carbonyl (C=O) groups excluding carboxylic acids is 1. The summed E-state index contributed by atoms with van der Waals surface area (Å²) >= 11 is 5.85. The number of aldehydes is 1. The van der Waals surface area contributed by atoms with Crippen LogP contribution in [0.4, 0.5) is 0 Å². The van der Waals surface area contributed by atoms with E-state index in [0.717, 1.165) is 29.5 Å². The van der Waals surface area contributed by atoms with Gasteiger partial charge >= 0.3 is 0 Å². The third-order valence-electron chi connectivity index (χ3n) is 5.88. The van der Waals surface area contributed by atoms with Gasteiger partial charge in [0, 0.05) is 17.1 Å². The Morgan fingerprint density at radius 3 is 2.56 bits per heavy atom. The normalized spacial score (nSPS) is 24.6. The zero-order valence-corrected chi connectivity index (χ0v) is 16.2. The summed E-state index contributed by atoms with van der Waals surface area (Å²) in [6.07, 6.45) is 3.40. The van der Waals surface area contributed by atoms with Gasteiger partial charge in [0.15, 0.2) is 0 Å². The van der Waals surface area contributed by atoms with Crippen molar-refractivity contribution in [2.45, 2.75) is 39.5 Å². The van der Waals surface area contributed by atoms with Gasteiger partial charge in [-0.25, -0.2) is 8.42 Å². The van der Waals surface area contributed by atoms with E-state index in [2.05, 4.69) is 18.6 Å². The number of nitrogens with one attached hydrogen (secondary N) is 1. The first-order valence-electron chi connectivity index (χ1n) is 8.63. The molecule has 0 unspecified atom stereocenters. The number of hydrogen-bond donors (Lipinski definition) is 1. The predicted octanol–water partition coefficient (Wildman–Crippen LogP) is 3.71. The van der Waals surface area contributed by atoms with E-state index in [1.807, 2.05) is 12.1 Å². The van der Waals surface area contributed by atoms with Gasteiger partial charge < -0.3 is 4.79 Å². The lowest BCUT2D eigenvalue weighted by molar-refractivity contribution is -0.108. The van der Waals surface area contributed by atoms with E-state index < -0.39 is 10.0 Å². The van der Waals surface area contributed by atoms with Crippen LogP contribution in [0.3, 0.4) is 0 Å². The van der Waals surface area contributed by atoms with Gasteiger partial charge in [-0.05, 0) is 59.8 Å². The molecule has 3 aliphatic carbocycles. The fraction of sp³-hybridized carbons (Fsp3) is 0.526. The second kappa shape index (κ2) is 6.76. The summed E-state index contributed by atoms with van der Waals surface area (Å²) < 4.78 is 27.8. The van der Waals surface area contributed by atoms with Gasteiger partial charge in [-0.15, -0.1) is 0 Å². The van der Waals surface area contributed by atoms with Crippen molar-refractivity contribution in [2.24, 2.45) is 17.3 Å². The summed E-state index contributed by atoms with van der Waals surface area (Å²) in [7, 11) is -3.44.